The van der Waals surface area contributed by atoms with Crippen LogP contribution in [0.4, 0.5) is 21.0 Å². The van der Waals surface area contributed by atoms with Crippen LogP contribution in [0.25, 0.3) is 44.9 Å². The van der Waals surface area contributed by atoms with Crippen molar-refractivity contribution in [3.05, 3.63) is 277 Å². The second kappa shape index (κ2) is 38.7. The van der Waals surface area contributed by atoms with Crippen LogP contribution in [0.15, 0.2) is 215 Å². The molecule has 0 aliphatic heterocycles. The highest BCUT2D eigenvalue weighted by Gasteiger charge is 2.70. The number of carbonyl (C=O) groups excluding carboxylic acids is 9. The second-order valence-electron chi connectivity index (χ2n) is 32.4. The Bertz CT molecular complexity index is 6140. The maximum atomic E-state index is 14.2. The van der Waals surface area contributed by atoms with Crippen molar-refractivity contribution >= 4 is 133 Å². The van der Waals surface area contributed by atoms with Gasteiger partial charge in [0.25, 0.3) is 11.8 Å². The van der Waals surface area contributed by atoms with E-state index in [0.717, 1.165) is 29.3 Å². The SMILES string of the molecule is C=C=C.CC(=O)OCC1c2ccccc2-c2ccccc21.Cc1cc(N)c(O)c2c1CC1C(=C2O)C(=O)[C@]2(O)C(O)=C(C(N)=O)C(=O)[C@@H](N(C)C)C2[C@H]1O.Cc1cc(NC(=S)NC(=O)OCC2c3ccccc3-c3ccccc32)c(O)c2c1CC1C(=C2O)C(=O)[C@]2(O)C(O)=C(C(N)=O)C(=O)[C@@H](N(C)C)C2[C@H]1O.O=C(N=C=S)OCC1c2ccccc2-c2ccccc21.[B][B][B]. The number of carbonyl (C=O) groups is 9. The molecule has 2 saturated carbocycles. The number of alkyl carbamates (subject to hydrolysis) is 1. The van der Waals surface area contributed by atoms with E-state index in [1.165, 1.54) is 102 Å². The van der Waals surface area contributed by atoms with Crippen LogP contribution in [0.5, 0.6) is 11.5 Å². The molecule has 9 aliphatic rings. The van der Waals surface area contributed by atoms with Gasteiger partial charge in [0.1, 0.15) is 65.5 Å². The van der Waals surface area contributed by atoms with Gasteiger partial charge < -0.3 is 87.8 Å². The summed E-state index contributed by atoms with van der Waals surface area (Å²) in [5, 5.41) is 120. The van der Waals surface area contributed by atoms with Crippen molar-refractivity contribution < 1.29 is 108 Å². The Labute approximate surface area is 760 Å². The van der Waals surface area contributed by atoms with Gasteiger partial charge >= 0.3 is 18.2 Å². The van der Waals surface area contributed by atoms with E-state index in [4.69, 9.17) is 43.6 Å². The van der Waals surface area contributed by atoms with Gasteiger partial charge in [0, 0.05) is 70.2 Å². The Morgan fingerprint density at radius 1 is 0.554 bits per heavy atom. The van der Waals surface area contributed by atoms with Crippen LogP contribution in [0.2, 0.25) is 0 Å². The predicted octanol–water partition coefficient (Wildman–Crippen LogP) is 8.52. The summed E-state index contributed by atoms with van der Waals surface area (Å²) in [6.07, 6.45) is -5.01. The number of esters is 1. The number of aliphatic imine (C=N–C) groups is 1. The van der Waals surface area contributed by atoms with E-state index >= 15 is 0 Å². The molecule has 0 bridgehead atoms. The zero-order valence-electron chi connectivity index (χ0n) is 71.3. The zero-order chi connectivity index (χ0) is 94.9. The Hall–Kier alpha value is -13.7. The number of nitrogen functional groups attached to an aromatic ring is 1. The molecule has 8 aromatic rings. The molecule has 17 rings (SSSR count). The highest BCUT2D eigenvalue weighted by atomic mass is 32.1. The van der Waals surface area contributed by atoms with Crippen LogP contribution >= 0.6 is 24.4 Å². The number of hydrogen-bond acceptors (Lipinski definition) is 27. The van der Waals surface area contributed by atoms with Crippen LogP contribution in [0, 0.1) is 37.5 Å². The van der Waals surface area contributed by atoms with Crippen LogP contribution in [0.3, 0.4) is 0 Å². The van der Waals surface area contributed by atoms with Crippen molar-refractivity contribution in [1.82, 2.24) is 15.1 Å². The van der Waals surface area contributed by atoms with Gasteiger partial charge in [0.2, 0.25) is 11.6 Å². The van der Waals surface area contributed by atoms with Gasteiger partial charge in [-0.1, -0.05) is 159 Å². The first kappa shape index (κ1) is 95.4. The lowest BCUT2D eigenvalue weighted by Crippen LogP contribution is -2.70. The van der Waals surface area contributed by atoms with E-state index in [1.807, 2.05) is 102 Å². The van der Waals surface area contributed by atoms with Crippen LogP contribution in [0.1, 0.15) is 91.4 Å². The van der Waals surface area contributed by atoms with Crippen molar-refractivity contribution in [1.29, 1.82) is 0 Å². The van der Waals surface area contributed by atoms with E-state index in [2.05, 4.69) is 111 Å². The van der Waals surface area contributed by atoms with Crippen LogP contribution in [-0.2, 0) is 60.6 Å². The molecule has 5 radical (unpaired) electrons. The van der Waals surface area contributed by atoms with Crippen molar-refractivity contribution in [2.75, 3.05) is 59.1 Å². The number of isothiocyanates is 1. The molecule has 130 heavy (non-hydrogen) atoms. The van der Waals surface area contributed by atoms with E-state index in [1.54, 1.807) is 13.8 Å². The lowest BCUT2D eigenvalue weighted by molar-refractivity contribution is -0.169. The lowest BCUT2D eigenvalue weighted by Gasteiger charge is -2.52. The van der Waals surface area contributed by atoms with Gasteiger partial charge in [-0.3, -0.25) is 48.7 Å². The molecular formula is C95H90B3N8O22S2. The van der Waals surface area contributed by atoms with Gasteiger partial charge in [-0.2, -0.15) is 0 Å². The van der Waals surface area contributed by atoms with Crippen molar-refractivity contribution in [3.8, 4) is 44.9 Å². The first-order chi connectivity index (χ1) is 61.8. The number of fused-ring (bicyclic) bond motifs is 15. The number of nitrogens with one attached hydrogen (secondary N) is 2. The summed E-state index contributed by atoms with van der Waals surface area (Å²) in [4.78, 5) is 119. The number of aromatic hydroxyl groups is 2. The van der Waals surface area contributed by atoms with E-state index in [9.17, 15) is 94.2 Å². The number of rotatable bonds is 11. The van der Waals surface area contributed by atoms with Gasteiger partial charge in [0.05, 0.1) is 63.8 Å². The average Bonchev–Trinajstić information content (AvgIpc) is 1.03. The molecule has 10 atom stereocenters. The Kier molecular flexibility index (Phi) is 28.4. The number of ether oxygens (including phenoxy) is 3. The maximum Gasteiger partial charge on any atom is 0.442 e. The molecule has 0 aromatic heterocycles. The largest absolute Gasteiger partial charge is 0.508 e. The standard InChI is InChI=1S/C38H36N4O10S.C22H25N3O8.C16H11NO2S.C16H14O2.C3H4.B3/c1-15-12-23(40-36(53)41-37(50)52-14-22-18-10-6-4-8-16(18)17-9-5-7-11-19(17)22)30(44)24-20(15)13-21-25(31(24)45)33(47)38(51)27(29(21)43)28(42(2)3)32(46)26(34(38)48)35(39)49;1-6-4-9(23)16(27)10-7(6)5-8-11(17(10)28)19(30)22(33)13(15(8)26)14(25(2)3)18(29)12(20(22)31)21(24)32;18-16(17-10-20)19-9-15-13-7-3-1-5-11(13)12-6-2-4-8-14(12)15;1-11(17)18-10-16-14-8-4-2-6-12(14)13-7-3-5-9-15(13)16;2*1-3-2/h4-12,21-22,27-29,43-45,48,51H,13-14H2,1-3H3,(H2,39,49)(H2,40,41,50,53);4,8,13-15,26-28,31,33H,5,23H2,1-3H3,(H2,24,32);1-8,15H,9H2;2-9,16H,10H2,1H3;1-2H2;/t21?,27?,28-,29-,38-;8?,13?,14-,15-,22-;;;;/m00..../s1. The molecule has 4 amide bonds. The maximum absolute atomic E-state index is 14.2. The fourth-order valence-corrected chi connectivity index (χ4v) is 19.6. The summed E-state index contributed by atoms with van der Waals surface area (Å²) in [5.41, 5.74) is 25.1. The molecule has 2 fully saturated rings. The molecule has 9 aliphatic carbocycles. The zero-order valence-corrected chi connectivity index (χ0v) is 72.9. The molecule has 8 aromatic carbocycles. The third-order valence-corrected chi connectivity index (χ3v) is 25.1. The number of anilines is 2. The number of amides is 4. The number of nitrogens with two attached hydrogens (primary N) is 3. The molecular weight excluding hydrogens is 1700 g/mol. The third kappa shape index (κ3) is 16.9. The highest BCUT2D eigenvalue weighted by molar-refractivity contribution is 7.80. The van der Waals surface area contributed by atoms with Crippen LogP contribution in [-0.4, -0.2) is 230 Å². The molecule has 0 spiro atoms. The van der Waals surface area contributed by atoms with Crippen LogP contribution < -0.4 is 27.8 Å². The molecule has 18 N–H and O–H groups in total. The minimum atomic E-state index is -3.03. The summed E-state index contributed by atoms with van der Waals surface area (Å²) in [5.74, 6) is -18.0. The van der Waals surface area contributed by atoms with Gasteiger partial charge in [-0.05, 0) is 180 Å². The smallest absolute Gasteiger partial charge is 0.442 e. The second-order valence-corrected chi connectivity index (χ2v) is 33.0. The number of Topliss-reactive ketones (excluding diaryl/α,β-unsaturated/α-hetero) is 4. The molecule has 663 valence electrons. The third-order valence-electron chi connectivity index (χ3n) is 24.8. The first-order valence-corrected chi connectivity index (χ1v) is 41.4. The normalized spacial score (nSPS) is 21.8. The summed E-state index contributed by atoms with van der Waals surface area (Å²) in [7, 11) is 15.8. The molecule has 4 unspecified atom stereocenters. The number of aliphatic hydroxyl groups excluding tert-OH is 6. The Morgan fingerprint density at radius 3 is 1.19 bits per heavy atom. The number of phenols is 2. The number of primary amides is 2. The number of aliphatic hydroxyl groups is 8. The number of ketones is 4. The topological polar surface area (TPSA) is 505 Å². The minimum absolute atomic E-state index is 0.0185. The molecule has 30 nitrogen and oxygen atoms in total. The van der Waals surface area contributed by atoms with E-state index in [0.29, 0.717) is 28.9 Å². The van der Waals surface area contributed by atoms with Gasteiger partial charge in [-0.25, -0.2) is 9.59 Å². The summed E-state index contributed by atoms with van der Waals surface area (Å²) in [6.45, 7) is 11.7. The predicted molar refractivity (Wildman–Crippen MR) is 492 cm³/mol. The average molecular weight is 1790 g/mol. The number of nitrogens with zero attached hydrogens (tertiary/aromatic N) is 3. The lowest BCUT2D eigenvalue weighted by atomic mass is 9.40. The molecule has 35 heteroatoms. The number of hydrogen-bond donors (Lipinski definition) is 15. The Balaban J connectivity index is 0.000000168. The first-order valence-electron chi connectivity index (χ1n) is 40.6. The fourth-order valence-electron chi connectivity index (χ4n) is 19.3. The van der Waals surface area contributed by atoms with Crippen molar-refractivity contribution in [3.63, 3.8) is 0 Å². The number of thiocarbonyl (C=S) groups is 2. The van der Waals surface area contributed by atoms with Gasteiger partial charge in [0.15, 0.2) is 27.9 Å². The minimum Gasteiger partial charge on any atom is -0.508 e. The van der Waals surface area contributed by atoms with Crippen molar-refractivity contribution in [2.45, 2.75) is 86.9 Å². The summed E-state index contributed by atoms with van der Waals surface area (Å²) < 4.78 is 15.9. The molecule has 0 saturated heterocycles. The number of likely N-dealkylation sites (N-methyl/N-ethyl adjacent to an activating group) is 2. The Morgan fingerprint density at radius 2 is 0.869 bits per heavy atom. The van der Waals surface area contributed by atoms with E-state index in [-0.39, 0.29) is 77.4 Å². The monoisotopic (exact) mass is 1790 g/mol. The number of aryl methyl sites for hydroxylation is 2. The summed E-state index contributed by atoms with van der Waals surface area (Å²) in [6, 6.07) is 48.8. The highest BCUT2D eigenvalue weighted by Crippen LogP contribution is 2.57. The molecule has 0 heterocycles. The fraction of sp³-hybridized carbons (Fsp3) is 0.263. The quantitative estimate of drug-likeness (QED) is 0.00663. The number of benzene rings is 8. The van der Waals surface area contributed by atoms with Gasteiger partial charge in [-0.15, -0.1) is 10.7 Å². The van der Waals surface area contributed by atoms with Crippen molar-refractivity contribution in [2.24, 2.45) is 40.1 Å². The number of phenolic OH excluding ortho intramolecular Hbond substituents is 2. The summed E-state index contributed by atoms with van der Waals surface area (Å²) >= 11 is 9.72. The van der Waals surface area contributed by atoms with E-state index < -0.39 is 163 Å².